The standard InChI is InChI=1S/C21H25NO/c1-23-21-8-4-5-16(12-21)14-22-15-17-9-10-20(22)13-19-7-3-2-6-18(19)11-17/h2-8,12,17,20H,9-11,13-15H2,1H3/t17-,20-/m1/s1. The van der Waals surface area contributed by atoms with Crippen molar-refractivity contribution in [2.45, 2.75) is 38.3 Å². The van der Waals surface area contributed by atoms with Crippen LogP contribution in [0, 0.1) is 5.92 Å². The van der Waals surface area contributed by atoms with Crippen molar-refractivity contribution in [1.29, 1.82) is 0 Å². The zero-order chi connectivity index (χ0) is 15.6. The van der Waals surface area contributed by atoms with Gasteiger partial charge in [-0.2, -0.15) is 0 Å². The van der Waals surface area contributed by atoms with E-state index in [4.69, 9.17) is 4.74 Å². The van der Waals surface area contributed by atoms with Gasteiger partial charge in [-0.25, -0.2) is 0 Å². The average molecular weight is 307 g/mol. The Bertz CT molecular complexity index is 681. The summed E-state index contributed by atoms with van der Waals surface area (Å²) in [5, 5.41) is 0. The minimum atomic E-state index is 0.680. The highest BCUT2D eigenvalue weighted by Crippen LogP contribution is 2.33. The van der Waals surface area contributed by atoms with E-state index in [1.165, 1.54) is 37.8 Å². The molecule has 0 N–H and O–H groups in total. The lowest BCUT2D eigenvalue weighted by Crippen LogP contribution is -2.46. The Morgan fingerprint density at radius 1 is 1.00 bits per heavy atom. The van der Waals surface area contributed by atoms with Crippen LogP contribution in [-0.2, 0) is 19.4 Å². The Labute approximate surface area is 139 Å². The maximum absolute atomic E-state index is 5.38. The smallest absolute Gasteiger partial charge is 0.119 e. The topological polar surface area (TPSA) is 12.5 Å². The number of rotatable bonds is 3. The van der Waals surface area contributed by atoms with E-state index in [2.05, 4.69) is 47.4 Å². The highest BCUT2D eigenvalue weighted by Gasteiger charge is 2.31. The van der Waals surface area contributed by atoms with Crippen LogP contribution in [0.1, 0.15) is 29.5 Å². The molecule has 1 fully saturated rings. The van der Waals surface area contributed by atoms with Crippen molar-refractivity contribution in [3.05, 3.63) is 65.2 Å². The van der Waals surface area contributed by atoms with Crippen molar-refractivity contribution in [3.8, 4) is 5.75 Å². The summed E-state index contributed by atoms with van der Waals surface area (Å²) < 4.78 is 5.38. The van der Waals surface area contributed by atoms with E-state index in [1.54, 1.807) is 18.2 Å². The molecule has 0 radical (unpaired) electrons. The summed E-state index contributed by atoms with van der Waals surface area (Å²) in [6.45, 7) is 2.27. The van der Waals surface area contributed by atoms with Gasteiger partial charge in [-0.3, -0.25) is 4.90 Å². The van der Waals surface area contributed by atoms with Gasteiger partial charge >= 0.3 is 0 Å². The first-order valence-corrected chi connectivity index (χ1v) is 8.75. The molecule has 2 bridgehead atoms. The third kappa shape index (κ3) is 3.13. The molecule has 0 spiro atoms. The lowest BCUT2D eigenvalue weighted by molar-refractivity contribution is 0.0937. The first kappa shape index (κ1) is 14.8. The minimum Gasteiger partial charge on any atom is -0.497 e. The highest BCUT2D eigenvalue weighted by atomic mass is 16.5. The Morgan fingerprint density at radius 3 is 2.65 bits per heavy atom. The van der Waals surface area contributed by atoms with Crippen molar-refractivity contribution in [2.75, 3.05) is 13.7 Å². The minimum absolute atomic E-state index is 0.680. The zero-order valence-corrected chi connectivity index (χ0v) is 13.9. The molecule has 5 rings (SSSR count). The van der Waals surface area contributed by atoms with Gasteiger partial charge < -0.3 is 4.74 Å². The Hall–Kier alpha value is -1.80. The number of piperidine rings is 1. The quantitative estimate of drug-likeness (QED) is 0.847. The van der Waals surface area contributed by atoms with Crippen LogP contribution in [0.2, 0.25) is 0 Å². The van der Waals surface area contributed by atoms with Gasteiger partial charge in [0, 0.05) is 19.1 Å². The average Bonchev–Trinajstić information content (AvgIpc) is 2.56. The SMILES string of the molecule is COc1cccc(CN2C[C@@H]3CC[C@@H]2Cc2ccccc2C3)c1. The van der Waals surface area contributed by atoms with E-state index in [-0.39, 0.29) is 0 Å². The van der Waals surface area contributed by atoms with Gasteiger partial charge in [-0.15, -0.1) is 0 Å². The molecule has 0 aromatic heterocycles. The highest BCUT2D eigenvalue weighted by molar-refractivity contribution is 5.31. The van der Waals surface area contributed by atoms with Gasteiger partial charge in [-0.1, -0.05) is 36.4 Å². The second kappa shape index (κ2) is 6.37. The van der Waals surface area contributed by atoms with E-state index in [9.17, 15) is 0 Å². The molecule has 2 atom stereocenters. The normalized spacial score (nSPS) is 23.9. The summed E-state index contributed by atoms with van der Waals surface area (Å²) in [7, 11) is 1.74. The van der Waals surface area contributed by atoms with Gasteiger partial charge in [0.2, 0.25) is 0 Å². The lowest BCUT2D eigenvalue weighted by atomic mass is 9.80. The molecule has 3 aliphatic rings. The lowest BCUT2D eigenvalue weighted by Gasteiger charge is -2.42. The predicted octanol–water partition coefficient (Wildman–Crippen LogP) is 4.07. The second-order valence-electron chi connectivity index (χ2n) is 7.06. The molecule has 2 heteroatoms. The molecular weight excluding hydrogens is 282 g/mol. The maximum atomic E-state index is 5.38. The number of hydrogen-bond donors (Lipinski definition) is 0. The van der Waals surface area contributed by atoms with Crippen LogP contribution in [0.25, 0.3) is 0 Å². The van der Waals surface area contributed by atoms with E-state index in [0.29, 0.717) is 6.04 Å². The molecule has 23 heavy (non-hydrogen) atoms. The molecular formula is C21H25NO. The van der Waals surface area contributed by atoms with Crippen LogP contribution in [0.15, 0.2) is 48.5 Å². The fourth-order valence-corrected chi connectivity index (χ4v) is 4.30. The van der Waals surface area contributed by atoms with E-state index < -0.39 is 0 Å². The van der Waals surface area contributed by atoms with Crippen molar-refractivity contribution < 1.29 is 4.74 Å². The van der Waals surface area contributed by atoms with Crippen molar-refractivity contribution in [3.63, 3.8) is 0 Å². The third-order valence-electron chi connectivity index (χ3n) is 5.52. The summed E-state index contributed by atoms with van der Waals surface area (Å²) in [4.78, 5) is 2.71. The van der Waals surface area contributed by atoms with Crippen LogP contribution in [0.3, 0.4) is 0 Å². The van der Waals surface area contributed by atoms with Crippen molar-refractivity contribution in [1.82, 2.24) is 4.90 Å². The summed E-state index contributed by atoms with van der Waals surface area (Å²) in [5.41, 5.74) is 4.52. The Balaban J connectivity index is 1.56. The molecule has 120 valence electrons. The fourth-order valence-electron chi connectivity index (χ4n) is 4.30. The number of nitrogens with zero attached hydrogens (tertiary/aromatic N) is 1. The molecule has 0 saturated carbocycles. The van der Waals surface area contributed by atoms with E-state index in [1.807, 2.05) is 6.07 Å². The molecule has 2 aromatic rings. The maximum Gasteiger partial charge on any atom is 0.119 e. The molecule has 0 amide bonds. The van der Waals surface area contributed by atoms with Gasteiger partial charge in [0.05, 0.1) is 7.11 Å². The van der Waals surface area contributed by atoms with Crippen molar-refractivity contribution >= 4 is 0 Å². The van der Waals surface area contributed by atoms with Crippen LogP contribution in [0.4, 0.5) is 0 Å². The Kier molecular flexibility index (Phi) is 4.09. The fraction of sp³-hybridized carbons (Fsp3) is 0.429. The molecule has 1 aliphatic carbocycles. The summed E-state index contributed by atoms with van der Waals surface area (Å²) >= 11 is 0. The molecule has 0 unspecified atom stereocenters. The number of fused-ring (bicyclic) bond motifs is 2. The monoisotopic (exact) mass is 307 g/mol. The summed E-state index contributed by atoms with van der Waals surface area (Å²) in [6.07, 6.45) is 5.17. The zero-order valence-electron chi connectivity index (χ0n) is 13.9. The number of methoxy groups -OCH3 is 1. The second-order valence-corrected chi connectivity index (χ2v) is 7.06. The van der Waals surface area contributed by atoms with Gasteiger partial charge in [0.25, 0.3) is 0 Å². The molecule has 2 nitrogen and oxygen atoms in total. The number of ether oxygens (including phenoxy) is 1. The number of hydrogen-bond acceptors (Lipinski definition) is 2. The first-order chi connectivity index (χ1) is 11.3. The van der Waals surface area contributed by atoms with Gasteiger partial charge in [0.1, 0.15) is 5.75 Å². The van der Waals surface area contributed by atoms with Crippen LogP contribution in [-0.4, -0.2) is 24.6 Å². The van der Waals surface area contributed by atoms with E-state index in [0.717, 1.165) is 18.2 Å². The van der Waals surface area contributed by atoms with Crippen LogP contribution >= 0.6 is 0 Å². The van der Waals surface area contributed by atoms with Gasteiger partial charge in [-0.05, 0) is 60.4 Å². The largest absolute Gasteiger partial charge is 0.497 e. The van der Waals surface area contributed by atoms with Crippen LogP contribution in [0.5, 0.6) is 5.75 Å². The Morgan fingerprint density at radius 2 is 1.83 bits per heavy atom. The molecule has 2 aliphatic heterocycles. The molecule has 2 aromatic carbocycles. The van der Waals surface area contributed by atoms with Crippen molar-refractivity contribution in [2.24, 2.45) is 5.92 Å². The van der Waals surface area contributed by atoms with Gasteiger partial charge in [0.15, 0.2) is 0 Å². The molecule has 1 saturated heterocycles. The van der Waals surface area contributed by atoms with Crippen LogP contribution < -0.4 is 4.74 Å². The molecule has 2 heterocycles. The number of benzene rings is 2. The summed E-state index contributed by atoms with van der Waals surface area (Å²) in [5.74, 6) is 1.77. The third-order valence-corrected chi connectivity index (χ3v) is 5.52. The first-order valence-electron chi connectivity index (χ1n) is 8.75. The van der Waals surface area contributed by atoms with E-state index >= 15 is 0 Å². The predicted molar refractivity (Wildman–Crippen MR) is 93.8 cm³/mol. The summed E-state index contributed by atoms with van der Waals surface area (Å²) in [6, 6.07) is 18.3.